The number of carbonyl (C=O) groups excluding carboxylic acids is 1. The van der Waals surface area contributed by atoms with Gasteiger partial charge in [-0.15, -0.1) is 0 Å². The molecule has 0 aliphatic rings. The van der Waals surface area contributed by atoms with Gasteiger partial charge in [0, 0.05) is 31.5 Å². The van der Waals surface area contributed by atoms with Gasteiger partial charge in [-0.3, -0.25) is 9.78 Å². The normalized spacial score (nSPS) is 10.4. The predicted molar refractivity (Wildman–Crippen MR) is 101 cm³/mol. The average molecular weight is 347 g/mol. The van der Waals surface area contributed by atoms with Crippen LogP contribution in [0, 0.1) is 13.8 Å². The molecule has 0 atom stereocenters. The zero-order valence-corrected chi connectivity index (χ0v) is 14.9. The Kier molecular flexibility index (Phi) is 5.53. The number of anilines is 1. The van der Waals surface area contributed by atoms with Gasteiger partial charge >= 0.3 is 0 Å². The molecule has 26 heavy (non-hydrogen) atoms. The summed E-state index contributed by atoms with van der Waals surface area (Å²) in [4.78, 5) is 25.1. The summed E-state index contributed by atoms with van der Waals surface area (Å²) in [7, 11) is 0. The number of hydrogen-bond acceptors (Lipinski definition) is 5. The molecule has 0 unspecified atom stereocenters. The molecule has 0 spiro atoms. The number of hydrogen-bond donors (Lipinski definition) is 2. The lowest BCUT2D eigenvalue weighted by atomic mass is 10.1. The summed E-state index contributed by atoms with van der Waals surface area (Å²) < 4.78 is 0. The minimum atomic E-state index is -0.221. The van der Waals surface area contributed by atoms with E-state index in [-0.39, 0.29) is 5.91 Å². The van der Waals surface area contributed by atoms with Gasteiger partial charge in [0.05, 0.1) is 0 Å². The van der Waals surface area contributed by atoms with E-state index in [0.29, 0.717) is 30.4 Å². The second-order valence-electron chi connectivity index (χ2n) is 6.07. The largest absolute Gasteiger partial charge is 0.366 e. The Balaban J connectivity index is 1.65. The van der Waals surface area contributed by atoms with E-state index in [9.17, 15) is 4.79 Å². The summed E-state index contributed by atoms with van der Waals surface area (Å²) in [5, 5.41) is 6.11. The number of aromatic nitrogens is 3. The Bertz CT molecular complexity index is 896. The molecule has 0 bridgehead atoms. The molecule has 6 heteroatoms. The van der Waals surface area contributed by atoms with Crippen LogP contribution in [-0.4, -0.2) is 20.9 Å². The molecule has 0 saturated heterocycles. The topological polar surface area (TPSA) is 79.8 Å². The molecule has 0 aliphatic heterocycles. The Morgan fingerprint density at radius 3 is 2.62 bits per heavy atom. The molecule has 6 nitrogen and oxygen atoms in total. The quantitative estimate of drug-likeness (QED) is 0.716. The van der Waals surface area contributed by atoms with Crippen LogP contribution in [0.4, 0.5) is 5.82 Å². The van der Waals surface area contributed by atoms with Crippen molar-refractivity contribution in [2.24, 2.45) is 0 Å². The van der Waals surface area contributed by atoms with Crippen LogP contribution in [0.2, 0.25) is 0 Å². The molecule has 3 aromatic rings. The van der Waals surface area contributed by atoms with Crippen LogP contribution in [-0.2, 0) is 13.1 Å². The van der Waals surface area contributed by atoms with E-state index in [1.54, 1.807) is 25.4 Å². The third-order valence-electron chi connectivity index (χ3n) is 3.80. The number of pyridine rings is 1. The van der Waals surface area contributed by atoms with Gasteiger partial charge < -0.3 is 10.6 Å². The third kappa shape index (κ3) is 4.86. The SMILES string of the molecule is Cc1cccc(CNC(=O)c2cc(NCc3cccnc3)nc(C)n2)c1. The van der Waals surface area contributed by atoms with Crippen LogP contribution >= 0.6 is 0 Å². The van der Waals surface area contributed by atoms with Gasteiger partial charge in [-0.1, -0.05) is 35.9 Å². The summed E-state index contributed by atoms with van der Waals surface area (Å²) in [6.07, 6.45) is 3.52. The highest BCUT2D eigenvalue weighted by atomic mass is 16.1. The lowest BCUT2D eigenvalue weighted by molar-refractivity contribution is 0.0945. The van der Waals surface area contributed by atoms with E-state index >= 15 is 0 Å². The van der Waals surface area contributed by atoms with Crippen molar-refractivity contribution < 1.29 is 4.79 Å². The smallest absolute Gasteiger partial charge is 0.270 e. The van der Waals surface area contributed by atoms with Gasteiger partial charge in [-0.05, 0) is 31.0 Å². The van der Waals surface area contributed by atoms with Crippen molar-refractivity contribution in [2.45, 2.75) is 26.9 Å². The number of nitrogens with one attached hydrogen (secondary N) is 2. The van der Waals surface area contributed by atoms with Gasteiger partial charge in [-0.25, -0.2) is 9.97 Å². The molecule has 0 saturated carbocycles. The van der Waals surface area contributed by atoms with Gasteiger partial charge in [0.15, 0.2) is 0 Å². The van der Waals surface area contributed by atoms with Crippen molar-refractivity contribution in [3.63, 3.8) is 0 Å². The maximum atomic E-state index is 12.4. The van der Waals surface area contributed by atoms with E-state index in [2.05, 4.69) is 25.6 Å². The van der Waals surface area contributed by atoms with E-state index in [1.165, 1.54) is 0 Å². The highest BCUT2D eigenvalue weighted by Gasteiger charge is 2.10. The second-order valence-corrected chi connectivity index (χ2v) is 6.07. The maximum absolute atomic E-state index is 12.4. The lowest BCUT2D eigenvalue weighted by Crippen LogP contribution is -2.24. The molecule has 2 N–H and O–H groups in total. The lowest BCUT2D eigenvalue weighted by Gasteiger charge is -2.09. The highest BCUT2D eigenvalue weighted by molar-refractivity contribution is 5.92. The zero-order chi connectivity index (χ0) is 18.4. The Morgan fingerprint density at radius 1 is 1.00 bits per heavy atom. The van der Waals surface area contributed by atoms with E-state index in [0.717, 1.165) is 16.7 Å². The van der Waals surface area contributed by atoms with Crippen molar-refractivity contribution in [3.8, 4) is 0 Å². The van der Waals surface area contributed by atoms with Crippen molar-refractivity contribution in [2.75, 3.05) is 5.32 Å². The van der Waals surface area contributed by atoms with Crippen LogP contribution in [0.3, 0.4) is 0 Å². The first-order valence-corrected chi connectivity index (χ1v) is 8.42. The van der Waals surface area contributed by atoms with Gasteiger partial charge in [-0.2, -0.15) is 0 Å². The number of carbonyl (C=O) groups is 1. The summed E-state index contributed by atoms with van der Waals surface area (Å²) in [6, 6.07) is 13.6. The average Bonchev–Trinajstić information content (AvgIpc) is 2.65. The number of rotatable bonds is 6. The number of aryl methyl sites for hydroxylation is 2. The number of amides is 1. The van der Waals surface area contributed by atoms with Crippen molar-refractivity contribution in [1.82, 2.24) is 20.3 Å². The fourth-order valence-corrected chi connectivity index (χ4v) is 2.56. The Labute approximate surface area is 152 Å². The molecule has 132 valence electrons. The third-order valence-corrected chi connectivity index (χ3v) is 3.80. The molecule has 1 aromatic carbocycles. The molecule has 3 rings (SSSR count). The van der Waals surface area contributed by atoms with Crippen molar-refractivity contribution >= 4 is 11.7 Å². The fourth-order valence-electron chi connectivity index (χ4n) is 2.56. The highest BCUT2D eigenvalue weighted by Crippen LogP contribution is 2.10. The summed E-state index contributed by atoms with van der Waals surface area (Å²) in [6.45, 7) is 4.84. The van der Waals surface area contributed by atoms with Gasteiger partial charge in [0.25, 0.3) is 5.91 Å². The molecule has 2 aromatic heterocycles. The first kappa shape index (κ1) is 17.5. The zero-order valence-electron chi connectivity index (χ0n) is 14.9. The molecular formula is C20H21N5O. The van der Waals surface area contributed by atoms with Crippen LogP contribution in [0.5, 0.6) is 0 Å². The summed E-state index contributed by atoms with van der Waals surface area (Å²) >= 11 is 0. The van der Waals surface area contributed by atoms with Crippen LogP contribution in [0.15, 0.2) is 54.9 Å². The van der Waals surface area contributed by atoms with Gasteiger partial charge in [0.1, 0.15) is 17.3 Å². The molecular weight excluding hydrogens is 326 g/mol. The van der Waals surface area contributed by atoms with E-state index in [1.807, 2.05) is 43.3 Å². The van der Waals surface area contributed by atoms with E-state index in [4.69, 9.17) is 0 Å². The Morgan fingerprint density at radius 2 is 1.85 bits per heavy atom. The monoisotopic (exact) mass is 347 g/mol. The minimum absolute atomic E-state index is 0.221. The van der Waals surface area contributed by atoms with Crippen molar-refractivity contribution in [1.29, 1.82) is 0 Å². The van der Waals surface area contributed by atoms with Crippen LogP contribution in [0.1, 0.15) is 33.0 Å². The summed E-state index contributed by atoms with van der Waals surface area (Å²) in [5.41, 5.74) is 3.60. The van der Waals surface area contributed by atoms with E-state index < -0.39 is 0 Å². The number of benzene rings is 1. The summed E-state index contributed by atoms with van der Waals surface area (Å²) in [5.74, 6) is 0.936. The molecule has 0 radical (unpaired) electrons. The fraction of sp³-hybridized carbons (Fsp3) is 0.200. The molecule has 0 fully saturated rings. The second kappa shape index (κ2) is 8.20. The first-order valence-electron chi connectivity index (χ1n) is 8.42. The number of nitrogens with zero attached hydrogens (tertiary/aromatic N) is 3. The predicted octanol–water partition coefficient (Wildman–Crippen LogP) is 3.03. The molecule has 2 heterocycles. The van der Waals surface area contributed by atoms with Crippen LogP contribution in [0.25, 0.3) is 0 Å². The standard InChI is InChI=1S/C20H21N5O/c1-14-5-3-6-16(9-14)12-23-20(26)18-10-19(25-15(2)24-18)22-13-17-7-4-8-21-11-17/h3-11H,12-13H2,1-2H3,(H,23,26)(H,22,24,25). The first-order chi connectivity index (χ1) is 12.6. The molecule has 0 aliphatic carbocycles. The maximum Gasteiger partial charge on any atom is 0.270 e. The minimum Gasteiger partial charge on any atom is -0.366 e. The Hall–Kier alpha value is -3.28. The molecule has 1 amide bonds. The van der Waals surface area contributed by atoms with Crippen molar-refractivity contribution in [3.05, 3.63) is 83.1 Å². The van der Waals surface area contributed by atoms with Crippen LogP contribution < -0.4 is 10.6 Å². The van der Waals surface area contributed by atoms with Gasteiger partial charge in [0.2, 0.25) is 0 Å².